The molecule has 1 aromatic heterocycles. The molecule has 2 aromatic rings. The second-order valence-electron chi connectivity index (χ2n) is 7.56. The number of hydrogen-bond donors (Lipinski definition) is 1. The maximum absolute atomic E-state index is 12.6. The van der Waals surface area contributed by atoms with E-state index < -0.39 is 5.60 Å². The Bertz CT molecular complexity index is 848. The van der Waals surface area contributed by atoms with Gasteiger partial charge in [0.15, 0.2) is 0 Å². The summed E-state index contributed by atoms with van der Waals surface area (Å²) >= 11 is 5.91. The molecule has 28 heavy (non-hydrogen) atoms. The topological polar surface area (TPSA) is 81.3 Å². The molecule has 1 fully saturated rings. The van der Waals surface area contributed by atoms with Gasteiger partial charge in [0.05, 0.1) is 12.3 Å². The SMILES string of the molecule is Nc1ncc2c(n1)C1(CCN(C(=O)CCCc3ccc(Cl)cc3)CC1)OCC2. The standard InChI is InChI=1S/C21H25ClN4O2/c22-17-6-4-15(5-7-17)2-1-3-18(27)26-11-9-21(10-12-26)19-16(8-13-28-21)14-24-20(23)25-19/h4-7,14H,1-3,8-13H2,(H2,23,24,25). The fraction of sp³-hybridized carbons (Fsp3) is 0.476. The zero-order valence-electron chi connectivity index (χ0n) is 15.9. The lowest BCUT2D eigenvalue weighted by Gasteiger charge is -2.44. The van der Waals surface area contributed by atoms with Crippen LogP contribution in [0.4, 0.5) is 5.95 Å². The highest BCUT2D eigenvalue weighted by Gasteiger charge is 2.43. The van der Waals surface area contributed by atoms with Gasteiger partial charge >= 0.3 is 0 Å². The number of fused-ring (bicyclic) bond motifs is 2. The Hall–Kier alpha value is -2.18. The number of nitrogens with two attached hydrogens (primary N) is 1. The molecule has 2 aliphatic rings. The summed E-state index contributed by atoms with van der Waals surface area (Å²) in [5.41, 5.74) is 8.62. The number of nitrogen functional groups attached to an aromatic ring is 1. The molecular weight excluding hydrogens is 376 g/mol. The third-order valence-corrected chi connectivity index (χ3v) is 6.01. The fourth-order valence-corrected chi connectivity index (χ4v) is 4.30. The fourth-order valence-electron chi connectivity index (χ4n) is 4.17. The van der Waals surface area contributed by atoms with Crippen molar-refractivity contribution in [2.75, 3.05) is 25.4 Å². The van der Waals surface area contributed by atoms with Crippen molar-refractivity contribution < 1.29 is 9.53 Å². The second-order valence-corrected chi connectivity index (χ2v) is 7.99. The van der Waals surface area contributed by atoms with Crippen molar-refractivity contribution in [3.05, 3.63) is 52.3 Å². The van der Waals surface area contributed by atoms with E-state index in [1.165, 1.54) is 5.56 Å². The summed E-state index contributed by atoms with van der Waals surface area (Å²) in [5, 5.41) is 0.737. The third-order valence-electron chi connectivity index (χ3n) is 5.76. The molecule has 6 nitrogen and oxygen atoms in total. The van der Waals surface area contributed by atoms with E-state index in [2.05, 4.69) is 9.97 Å². The second kappa shape index (κ2) is 8.05. The van der Waals surface area contributed by atoms with E-state index in [-0.39, 0.29) is 11.9 Å². The number of anilines is 1. The monoisotopic (exact) mass is 400 g/mol. The van der Waals surface area contributed by atoms with Gasteiger partial charge in [0.2, 0.25) is 11.9 Å². The molecule has 4 rings (SSSR count). The van der Waals surface area contributed by atoms with Crippen molar-refractivity contribution in [2.45, 2.75) is 44.1 Å². The van der Waals surface area contributed by atoms with E-state index in [1.54, 1.807) is 0 Å². The van der Waals surface area contributed by atoms with Crippen molar-refractivity contribution >= 4 is 23.5 Å². The number of amides is 1. The normalized spacial score (nSPS) is 18.1. The van der Waals surface area contributed by atoms with Crippen LogP contribution in [0.2, 0.25) is 5.02 Å². The van der Waals surface area contributed by atoms with Gasteiger partial charge in [-0.05, 0) is 55.4 Å². The quantitative estimate of drug-likeness (QED) is 0.852. The Morgan fingerprint density at radius 1 is 1.25 bits per heavy atom. The molecular formula is C21H25ClN4O2. The highest BCUT2D eigenvalue weighted by Crippen LogP contribution is 2.40. The maximum Gasteiger partial charge on any atom is 0.222 e. The van der Waals surface area contributed by atoms with Crippen LogP contribution in [-0.2, 0) is 28.0 Å². The molecule has 148 valence electrons. The summed E-state index contributed by atoms with van der Waals surface area (Å²) < 4.78 is 6.17. The van der Waals surface area contributed by atoms with Crippen molar-refractivity contribution in [1.29, 1.82) is 0 Å². The number of aromatic nitrogens is 2. The molecule has 2 aliphatic heterocycles. The van der Waals surface area contributed by atoms with Crippen LogP contribution >= 0.6 is 11.6 Å². The maximum atomic E-state index is 12.6. The lowest BCUT2D eigenvalue weighted by Crippen LogP contribution is -2.49. The molecule has 7 heteroatoms. The average molecular weight is 401 g/mol. The molecule has 0 bridgehead atoms. The van der Waals surface area contributed by atoms with Crippen LogP contribution in [0, 0.1) is 0 Å². The number of carbonyl (C=O) groups is 1. The van der Waals surface area contributed by atoms with E-state index in [0.29, 0.717) is 26.1 Å². The summed E-state index contributed by atoms with van der Waals surface area (Å²) in [6, 6.07) is 7.81. The number of piperidine rings is 1. The summed E-state index contributed by atoms with van der Waals surface area (Å²) in [7, 11) is 0. The number of carbonyl (C=O) groups excluding carboxylic acids is 1. The van der Waals surface area contributed by atoms with Crippen molar-refractivity contribution in [1.82, 2.24) is 14.9 Å². The highest BCUT2D eigenvalue weighted by atomic mass is 35.5. The first kappa shape index (κ1) is 19.2. The minimum atomic E-state index is -0.426. The first-order chi connectivity index (χ1) is 13.6. The van der Waals surface area contributed by atoms with Crippen LogP contribution in [0.25, 0.3) is 0 Å². The smallest absolute Gasteiger partial charge is 0.222 e. The van der Waals surface area contributed by atoms with Crippen LogP contribution < -0.4 is 5.73 Å². The molecule has 1 spiro atoms. The highest BCUT2D eigenvalue weighted by molar-refractivity contribution is 6.30. The third kappa shape index (κ3) is 3.98. The van der Waals surface area contributed by atoms with E-state index in [1.807, 2.05) is 35.4 Å². The van der Waals surface area contributed by atoms with Gasteiger partial charge in [-0.3, -0.25) is 4.79 Å². The molecule has 1 amide bonds. The van der Waals surface area contributed by atoms with Crippen LogP contribution in [0.3, 0.4) is 0 Å². The molecule has 2 N–H and O–H groups in total. The lowest BCUT2D eigenvalue weighted by atomic mass is 9.83. The molecule has 3 heterocycles. The van der Waals surface area contributed by atoms with Crippen LogP contribution in [0.5, 0.6) is 0 Å². The first-order valence-corrected chi connectivity index (χ1v) is 10.2. The number of halogens is 1. The summed E-state index contributed by atoms with van der Waals surface area (Å²) in [4.78, 5) is 23.2. The Morgan fingerprint density at radius 2 is 2.00 bits per heavy atom. The molecule has 1 saturated heterocycles. The van der Waals surface area contributed by atoms with Crippen molar-refractivity contribution in [2.24, 2.45) is 0 Å². The zero-order valence-corrected chi connectivity index (χ0v) is 16.6. The summed E-state index contributed by atoms with van der Waals surface area (Å²) in [6.07, 6.45) is 6.40. The predicted octanol–water partition coefficient (Wildman–Crippen LogP) is 3.13. The zero-order chi connectivity index (χ0) is 19.6. The molecule has 0 saturated carbocycles. The van der Waals surface area contributed by atoms with E-state index in [0.717, 1.165) is 48.4 Å². The minimum Gasteiger partial charge on any atom is -0.368 e. The van der Waals surface area contributed by atoms with Crippen LogP contribution in [0.15, 0.2) is 30.5 Å². The molecule has 0 unspecified atom stereocenters. The summed E-state index contributed by atoms with van der Waals surface area (Å²) in [6.45, 7) is 2.03. The van der Waals surface area contributed by atoms with Gasteiger partial charge in [-0.2, -0.15) is 0 Å². The molecule has 0 aliphatic carbocycles. The largest absolute Gasteiger partial charge is 0.368 e. The Labute approximate surface area is 170 Å². The van der Waals surface area contributed by atoms with Crippen LogP contribution in [0.1, 0.15) is 42.5 Å². The molecule has 0 radical (unpaired) electrons. The average Bonchev–Trinajstić information content (AvgIpc) is 2.71. The van der Waals surface area contributed by atoms with E-state index in [9.17, 15) is 4.79 Å². The Balaban J connectivity index is 1.32. The number of nitrogens with zero attached hydrogens (tertiary/aromatic N) is 3. The van der Waals surface area contributed by atoms with Gasteiger partial charge in [0.25, 0.3) is 0 Å². The van der Waals surface area contributed by atoms with E-state index >= 15 is 0 Å². The number of benzene rings is 1. The predicted molar refractivity (Wildman–Crippen MR) is 108 cm³/mol. The van der Waals surface area contributed by atoms with Crippen molar-refractivity contribution in [3.63, 3.8) is 0 Å². The minimum absolute atomic E-state index is 0.210. The van der Waals surface area contributed by atoms with Gasteiger partial charge in [-0.15, -0.1) is 0 Å². The molecule has 0 atom stereocenters. The lowest BCUT2D eigenvalue weighted by molar-refractivity contribution is -0.141. The van der Waals surface area contributed by atoms with Gasteiger partial charge in [0, 0.05) is 30.7 Å². The number of aryl methyl sites for hydroxylation is 1. The van der Waals surface area contributed by atoms with Gasteiger partial charge in [-0.1, -0.05) is 23.7 Å². The van der Waals surface area contributed by atoms with Gasteiger partial charge in [0.1, 0.15) is 5.60 Å². The van der Waals surface area contributed by atoms with Gasteiger partial charge in [-0.25, -0.2) is 9.97 Å². The molecule has 1 aromatic carbocycles. The van der Waals surface area contributed by atoms with Crippen LogP contribution in [-0.4, -0.2) is 40.5 Å². The van der Waals surface area contributed by atoms with E-state index in [4.69, 9.17) is 22.1 Å². The Kier molecular flexibility index (Phi) is 5.51. The van der Waals surface area contributed by atoms with Gasteiger partial charge < -0.3 is 15.4 Å². The summed E-state index contributed by atoms with van der Waals surface area (Å²) in [5.74, 6) is 0.492. The number of likely N-dealkylation sites (tertiary alicyclic amines) is 1. The number of ether oxygens (including phenoxy) is 1. The van der Waals surface area contributed by atoms with Crippen molar-refractivity contribution in [3.8, 4) is 0 Å². The number of rotatable bonds is 4. The Morgan fingerprint density at radius 3 is 2.75 bits per heavy atom. The first-order valence-electron chi connectivity index (χ1n) is 9.84. The number of hydrogen-bond acceptors (Lipinski definition) is 5.